The van der Waals surface area contributed by atoms with Gasteiger partial charge in [0.25, 0.3) is 5.91 Å². The number of sulfonamides is 1. The van der Waals surface area contributed by atoms with E-state index >= 15 is 0 Å². The molecule has 31 heavy (non-hydrogen) atoms. The highest BCUT2D eigenvalue weighted by atomic mass is 32.2. The molecule has 7 nitrogen and oxygen atoms in total. The van der Waals surface area contributed by atoms with Gasteiger partial charge in [-0.05, 0) is 56.7 Å². The first-order chi connectivity index (χ1) is 14.6. The van der Waals surface area contributed by atoms with Crippen molar-refractivity contribution in [2.45, 2.75) is 57.2 Å². The predicted molar refractivity (Wildman–Crippen MR) is 119 cm³/mol. The first-order valence-corrected chi connectivity index (χ1v) is 12.7. The van der Waals surface area contributed by atoms with Gasteiger partial charge in [0, 0.05) is 43.6 Å². The van der Waals surface area contributed by atoms with Crippen molar-refractivity contribution < 1.29 is 17.6 Å². The molecule has 2 heterocycles. The Hall–Kier alpha value is -1.97. The number of H-pyrrole nitrogens is 1. The number of aromatic amines is 1. The van der Waals surface area contributed by atoms with Crippen molar-refractivity contribution in [3.63, 3.8) is 0 Å². The second-order valence-corrected chi connectivity index (χ2v) is 11.1. The Balaban J connectivity index is 1.39. The average Bonchev–Trinajstić information content (AvgIpc) is 3.38. The molecule has 1 saturated carbocycles. The number of aromatic nitrogens is 1. The second-order valence-electron chi connectivity index (χ2n) is 9.04. The number of nitrogens with one attached hydrogen (secondary N) is 2. The van der Waals surface area contributed by atoms with Gasteiger partial charge in [-0.1, -0.05) is 6.07 Å². The number of fused-ring (bicyclic) bond motifs is 1. The summed E-state index contributed by atoms with van der Waals surface area (Å²) in [5.41, 5.74) is 1.93. The van der Waals surface area contributed by atoms with E-state index in [9.17, 15) is 17.6 Å². The Labute approximate surface area is 183 Å². The number of carbonyl (C=O) groups excluding carboxylic acids is 1. The summed E-state index contributed by atoms with van der Waals surface area (Å²) in [6, 6.07) is 5.10. The smallest absolute Gasteiger partial charge is 0.267 e. The van der Waals surface area contributed by atoms with E-state index in [1.807, 2.05) is 6.92 Å². The largest absolute Gasteiger partial charge is 0.350 e. The molecule has 0 radical (unpaired) electrons. The molecule has 4 rings (SSSR count). The summed E-state index contributed by atoms with van der Waals surface area (Å²) in [6.45, 7) is 3.49. The van der Waals surface area contributed by atoms with Gasteiger partial charge in [-0.25, -0.2) is 17.1 Å². The van der Waals surface area contributed by atoms with Gasteiger partial charge in [-0.2, -0.15) is 0 Å². The first-order valence-electron chi connectivity index (χ1n) is 10.9. The summed E-state index contributed by atoms with van der Waals surface area (Å²) in [7, 11) is -1.54. The third-order valence-corrected chi connectivity index (χ3v) is 8.27. The monoisotopic (exact) mass is 450 g/mol. The summed E-state index contributed by atoms with van der Waals surface area (Å²) in [4.78, 5) is 18.3. The van der Waals surface area contributed by atoms with Crippen LogP contribution in [-0.4, -0.2) is 73.0 Å². The molecule has 1 aliphatic heterocycles. The van der Waals surface area contributed by atoms with Crippen molar-refractivity contribution in [1.82, 2.24) is 19.5 Å². The lowest BCUT2D eigenvalue weighted by Gasteiger charge is -2.36. The minimum Gasteiger partial charge on any atom is -0.350 e. The summed E-state index contributed by atoms with van der Waals surface area (Å²) < 4.78 is 39.3. The molecular formula is C22H31FN4O3S. The minimum atomic E-state index is -3.20. The zero-order valence-corrected chi connectivity index (χ0v) is 19.1. The maximum Gasteiger partial charge on any atom is 0.267 e. The average molecular weight is 451 g/mol. The third kappa shape index (κ3) is 4.63. The van der Waals surface area contributed by atoms with Crippen LogP contribution < -0.4 is 5.32 Å². The number of rotatable bonds is 5. The van der Waals surface area contributed by atoms with Gasteiger partial charge >= 0.3 is 0 Å². The molecule has 2 aliphatic rings. The zero-order chi connectivity index (χ0) is 22.3. The van der Waals surface area contributed by atoms with E-state index in [0.717, 1.165) is 50.8 Å². The fourth-order valence-corrected chi connectivity index (χ4v) is 5.72. The third-order valence-electron chi connectivity index (χ3n) is 6.92. The molecule has 170 valence electrons. The fourth-order valence-electron chi connectivity index (χ4n) is 5.00. The van der Waals surface area contributed by atoms with Gasteiger partial charge in [-0.3, -0.25) is 9.69 Å². The Morgan fingerprint density at radius 3 is 2.77 bits per heavy atom. The quantitative estimate of drug-likeness (QED) is 0.733. The molecule has 1 aromatic carbocycles. The van der Waals surface area contributed by atoms with E-state index in [-0.39, 0.29) is 23.8 Å². The van der Waals surface area contributed by atoms with Crippen LogP contribution in [0.5, 0.6) is 0 Å². The SMILES string of the molecule is Cc1ccc(F)c2cc(C(=O)N[C@@H]3CCC[C@H](N4CC[C@H](N(C)S(C)(=O)=O)C4)C3)[nH]c12. The number of hydrogen-bond donors (Lipinski definition) is 2. The maximum absolute atomic E-state index is 14.1. The number of benzene rings is 1. The molecule has 3 atom stereocenters. The van der Waals surface area contributed by atoms with E-state index < -0.39 is 10.0 Å². The lowest BCUT2D eigenvalue weighted by molar-refractivity contribution is 0.0898. The van der Waals surface area contributed by atoms with E-state index in [1.165, 1.54) is 16.6 Å². The van der Waals surface area contributed by atoms with Gasteiger partial charge in [0.2, 0.25) is 10.0 Å². The van der Waals surface area contributed by atoms with Crippen molar-refractivity contribution in [3.8, 4) is 0 Å². The summed E-state index contributed by atoms with van der Waals surface area (Å²) >= 11 is 0. The Bertz CT molecular complexity index is 1040. The number of likely N-dealkylation sites (N-methyl/N-ethyl adjacent to an activating group) is 1. The lowest BCUT2D eigenvalue weighted by atomic mass is 9.90. The van der Waals surface area contributed by atoms with E-state index in [2.05, 4.69) is 15.2 Å². The number of likely N-dealkylation sites (tertiary alicyclic amines) is 1. The van der Waals surface area contributed by atoms with Crippen LogP contribution in [0.4, 0.5) is 4.39 Å². The highest BCUT2D eigenvalue weighted by Crippen LogP contribution is 2.28. The first kappa shape index (κ1) is 22.2. The molecule has 0 bridgehead atoms. The summed E-state index contributed by atoms with van der Waals surface area (Å²) in [5.74, 6) is -0.548. The van der Waals surface area contributed by atoms with Crippen molar-refractivity contribution in [1.29, 1.82) is 0 Å². The molecule has 2 fully saturated rings. The molecule has 2 N–H and O–H groups in total. The van der Waals surface area contributed by atoms with Crippen LogP contribution in [0.15, 0.2) is 18.2 Å². The number of hydrogen-bond acceptors (Lipinski definition) is 4. The maximum atomic E-state index is 14.1. The molecular weight excluding hydrogens is 419 g/mol. The van der Waals surface area contributed by atoms with Crippen molar-refractivity contribution in [2.24, 2.45) is 0 Å². The van der Waals surface area contributed by atoms with Crippen molar-refractivity contribution in [2.75, 3.05) is 26.4 Å². The topological polar surface area (TPSA) is 85.5 Å². The molecule has 1 amide bonds. The highest BCUT2D eigenvalue weighted by molar-refractivity contribution is 7.88. The highest BCUT2D eigenvalue weighted by Gasteiger charge is 2.35. The predicted octanol–water partition coefficient (Wildman–Crippen LogP) is 2.62. The van der Waals surface area contributed by atoms with Crippen LogP contribution >= 0.6 is 0 Å². The molecule has 2 aromatic rings. The van der Waals surface area contributed by atoms with Crippen LogP contribution in [0, 0.1) is 12.7 Å². The second kappa shape index (κ2) is 8.52. The fraction of sp³-hybridized carbons (Fsp3) is 0.591. The van der Waals surface area contributed by atoms with Crippen LogP contribution in [-0.2, 0) is 10.0 Å². The zero-order valence-electron chi connectivity index (χ0n) is 18.3. The van der Waals surface area contributed by atoms with Gasteiger partial charge in [0.15, 0.2) is 0 Å². The number of nitrogens with zero attached hydrogens (tertiary/aromatic N) is 2. The Kier molecular flexibility index (Phi) is 6.11. The van der Waals surface area contributed by atoms with Crippen molar-refractivity contribution in [3.05, 3.63) is 35.3 Å². The molecule has 1 saturated heterocycles. The molecule has 9 heteroatoms. The van der Waals surface area contributed by atoms with E-state index in [1.54, 1.807) is 19.2 Å². The summed E-state index contributed by atoms with van der Waals surface area (Å²) in [6.07, 6.45) is 5.90. The molecule has 1 aromatic heterocycles. The van der Waals surface area contributed by atoms with Gasteiger partial charge in [0.05, 0.1) is 11.8 Å². The van der Waals surface area contributed by atoms with Crippen LogP contribution in [0.3, 0.4) is 0 Å². The lowest BCUT2D eigenvalue weighted by Crippen LogP contribution is -2.46. The number of amides is 1. The minimum absolute atomic E-state index is 0.00875. The number of carbonyl (C=O) groups is 1. The molecule has 1 aliphatic carbocycles. The van der Waals surface area contributed by atoms with Gasteiger partial charge in [-0.15, -0.1) is 0 Å². The normalized spacial score (nSPS) is 25.4. The van der Waals surface area contributed by atoms with Crippen LogP contribution in [0.25, 0.3) is 10.9 Å². The Morgan fingerprint density at radius 1 is 1.29 bits per heavy atom. The number of aryl methyl sites for hydroxylation is 1. The van der Waals surface area contributed by atoms with Gasteiger partial charge in [0.1, 0.15) is 11.5 Å². The standard InChI is InChI=1S/C22H31FN4O3S/c1-14-7-8-19(23)18-12-20(25-21(14)18)22(28)24-15-5-4-6-16(11-15)27-10-9-17(13-27)26(2)31(3,29)30/h7-8,12,15-17,25H,4-6,9-11,13H2,1-3H3,(H,24,28)/t15-,16+,17+/m1/s1. The van der Waals surface area contributed by atoms with Crippen molar-refractivity contribution >= 4 is 26.8 Å². The van der Waals surface area contributed by atoms with Crippen LogP contribution in [0.2, 0.25) is 0 Å². The number of halogens is 1. The molecule has 0 spiro atoms. The van der Waals surface area contributed by atoms with Gasteiger partial charge < -0.3 is 10.3 Å². The van der Waals surface area contributed by atoms with E-state index in [4.69, 9.17) is 0 Å². The Morgan fingerprint density at radius 2 is 2.06 bits per heavy atom. The molecule has 0 unspecified atom stereocenters. The van der Waals surface area contributed by atoms with E-state index in [0.29, 0.717) is 22.6 Å². The van der Waals surface area contributed by atoms with Crippen LogP contribution in [0.1, 0.15) is 48.2 Å². The summed E-state index contributed by atoms with van der Waals surface area (Å²) in [5, 5.41) is 3.56.